The van der Waals surface area contributed by atoms with E-state index in [9.17, 15) is 14.0 Å². The van der Waals surface area contributed by atoms with Gasteiger partial charge in [-0.3, -0.25) is 9.59 Å². The smallest absolute Gasteiger partial charge is 0.309 e. The molecule has 1 amide bonds. The van der Waals surface area contributed by atoms with Gasteiger partial charge in [0.05, 0.1) is 13.0 Å². The number of methoxy groups -OCH3 is 1. The maximum Gasteiger partial charge on any atom is 0.309 e. The van der Waals surface area contributed by atoms with Crippen molar-refractivity contribution in [3.05, 3.63) is 65.5 Å². The van der Waals surface area contributed by atoms with Crippen LogP contribution in [0.15, 0.2) is 48.5 Å². The summed E-state index contributed by atoms with van der Waals surface area (Å²) in [7, 11) is 1.58. The lowest BCUT2D eigenvalue weighted by molar-refractivity contribution is -0.152. The van der Waals surface area contributed by atoms with Crippen LogP contribution in [0.4, 0.5) is 4.39 Å². The normalized spacial score (nSPS) is 11.5. The summed E-state index contributed by atoms with van der Waals surface area (Å²) in [4.78, 5) is 23.8. The summed E-state index contributed by atoms with van der Waals surface area (Å²) in [5.41, 5.74) is 1.61. The quantitative estimate of drug-likeness (QED) is 0.736. The molecule has 0 radical (unpaired) electrons. The van der Waals surface area contributed by atoms with Crippen molar-refractivity contribution in [3.63, 3.8) is 0 Å². The van der Waals surface area contributed by atoms with Crippen LogP contribution >= 0.6 is 0 Å². The monoisotopic (exact) mass is 359 g/mol. The first kappa shape index (κ1) is 19.4. The van der Waals surface area contributed by atoms with Gasteiger partial charge in [-0.05, 0) is 41.8 Å². The SMILES string of the molecule is COc1ccc(CNC(=O)COC(=O)C(C)Cc2cccc(F)c2)cc1. The number of benzene rings is 2. The highest BCUT2D eigenvalue weighted by Crippen LogP contribution is 2.12. The predicted octanol–water partition coefficient (Wildman–Crippen LogP) is 2.87. The first-order valence-electron chi connectivity index (χ1n) is 8.28. The van der Waals surface area contributed by atoms with E-state index in [1.165, 1.54) is 12.1 Å². The lowest BCUT2D eigenvalue weighted by Gasteiger charge is -2.12. The standard InChI is InChI=1S/C20H22FNO4/c1-14(10-16-4-3-5-17(21)11-16)20(24)26-13-19(23)22-12-15-6-8-18(25-2)9-7-15/h3-9,11,14H,10,12-13H2,1-2H3,(H,22,23). The summed E-state index contributed by atoms with van der Waals surface area (Å²) in [5.74, 6) is -0.950. The highest BCUT2D eigenvalue weighted by molar-refractivity contribution is 5.81. The number of carbonyl (C=O) groups excluding carboxylic acids is 2. The lowest BCUT2D eigenvalue weighted by Crippen LogP contribution is -2.29. The number of esters is 1. The van der Waals surface area contributed by atoms with Crippen LogP contribution in [0.25, 0.3) is 0 Å². The van der Waals surface area contributed by atoms with E-state index in [0.717, 1.165) is 11.3 Å². The van der Waals surface area contributed by atoms with Crippen LogP contribution in [0.1, 0.15) is 18.1 Å². The molecule has 1 unspecified atom stereocenters. The van der Waals surface area contributed by atoms with Crippen LogP contribution in [-0.2, 0) is 27.3 Å². The zero-order valence-corrected chi connectivity index (χ0v) is 14.8. The molecule has 5 nitrogen and oxygen atoms in total. The summed E-state index contributed by atoms with van der Waals surface area (Å²) < 4.78 is 23.3. The second-order valence-corrected chi connectivity index (χ2v) is 5.97. The van der Waals surface area contributed by atoms with Gasteiger partial charge in [0.25, 0.3) is 5.91 Å². The molecule has 0 saturated carbocycles. The Morgan fingerprint density at radius 3 is 2.50 bits per heavy atom. The Balaban J connectivity index is 1.72. The molecule has 0 aromatic heterocycles. The van der Waals surface area contributed by atoms with Crippen molar-refractivity contribution >= 4 is 11.9 Å². The fraction of sp³-hybridized carbons (Fsp3) is 0.300. The molecule has 0 aliphatic heterocycles. The van der Waals surface area contributed by atoms with E-state index in [2.05, 4.69) is 5.32 Å². The van der Waals surface area contributed by atoms with Crippen molar-refractivity contribution in [2.75, 3.05) is 13.7 Å². The molecule has 2 aromatic rings. The van der Waals surface area contributed by atoms with Crippen molar-refractivity contribution in [2.24, 2.45) is 5.92 Å². The van der Waals surface area contributed by atoms with E-state index in [1.807, 2.05) is 12.1 Å². The third kappa shape index (κ3) is 6.20. The van der Waals surface area contributed by atoms with Gasteiger partial charge < -0.3 is 14.8 Å². The molecular formula is C20H22FNO4. The molecule has 0 bridgehead atoms. The third-order valence-electron chi connectivity index (χ3n) is 3.83. The molecule has 0 aliphatic rings. The third-order valence-corrected chi connectivity index (χ3v) is 3.83. The molecule has 0 fully saturated rings. The largest absolute Gasteiger partial charge is 0.497 e. The van der Waals surface area contributed by atoms with Gasteiger partial charge in [0.2, 0.25) is 0 Å². The van der Waals surface area contributed by atoms with E-state index in [1.54, 1.807) is 38.3 Å². The predicted molar refractivity (Wildman–Crippen MR) is 95.1 cm³/mol. The second-order valence-electron chi connectivity index (χ2n) is 5.97. The van der Waals surface area contributed by atoms with Crippen molar-refractivity contribution < 1.29 is 23.5 Å². The molecule has 6 heteroatoms. The van der Waals surface area contributed by atoms with Crippen LogP contribution in [0.3, 0.4) is 0 Å². The Kier molecular flexibility index (Phi) is 7.14. The number of ether oxygens (including phenoxy) is 2. The van der Waals surface area contributed by atoms with Crippen molar-refractivity contribution in [1.82, 2.24) is 5.32 Å². The molecule has 0 saturated heterocycles. The molecular weight excluding hydrogens is 337 g/mol. The first-order chi connectivity index (χ1) is 12.5. The van der Waals surface area contributed by atoms with Crippen LogP contribution in [-0.4, -0.2) is 25.6 Å². The van der Waals surface area contributed by atoms with Gasteiger partial charge in [0, 0.05) is 6.54 Å². The average Bonchev–Trinajstić information content (AvgIpc) is 2.64. The number of hydrogen-bond donors (Lipinski definition) is 1. The van der Waals surface area contributed by atoms with Gasteiger partial charge in [-0.25, -0.2) is 4.39 Å². The highest BCUT2D eigenvalue weighted by atomic mass is 19.1. The summed E-state index contributed by atoms with van der Waals surface area (Å²) in [6.07, 6.45) is 0.351. The number of nitrogens with one attached hydrogen (secondary N) is 1. The molecule has 1 atom stereocenters. The van der Waals surface area contributed by atoms with Gasteiger partial charge >= 0.3 is 5.97 Å². The number of carbonyl (C=O) groups is 2. The van der Waals surface area contributed by atoms with Crippen molar-refractivity contribution in [2.45, 2.75) is 19.9 Å². The maximum atomic E-state index is 13.2. The van der Waals surface area contributed by atoms with Crippen molar-refractivity contribution in [1.29, 1.82) is 0 Å². The number of halogens is 1. The molecule has 138 valence electrons. The zero-order chi connectivity index (χ0) is 18.9. The Bertz CT molecular complexity index is 746. The fourth-order valence-electron chi connectivity index (χ4n) is 2.37. The van der Waals surface area contributed by atoms with Gasteiger partial charge in [-0.15, -0.1) is 0 Å². The molecule has 0 aliphatic carbocycles. The molecule has 2 rings (SSSR count). The van der Waals surface area contributed by atoms with Crippen LogP contribution < -0.4 is 10.1 Å². The topological polar surface area (TPSA) is 64.6 Å². The van der Waals surface area contributed by atoms with Crippen molar-refractivity contribution in [3.8, 4) is 5.75 Å². The summed E-state index contributed by atoms with van der Waals surface area (Å²) in [5, 5.41) is 2.68. The first-order valence-corrected chi connectivity index (χ1v) is 8.28. The van der Waals surface area contributed by atoms with Gasteiger partial charge in [0.15, 0.2) is 6.61 Å². The van der Waals surface area contributed by atoms with E-state index in [4.69, 9.17) is 9.47 Å². The number of hydrogen-bond acceptors (Lipinski definition) is 4. The van der Waals surface area contributed by atoms with E-state index < -0.39 is 11.9 Å². The lowest BCUT2D eigenvalue weighted by atomic mass is 10.0. The van der Waals surface area contributed by atoms with Crippen LogP contribution in [0.2, 0.25) is 0 Å². The van der Waals surface area contributed by atoms with Gasteiger partial charge in [-0.2, -0.15) is 0 Å². The Labute approximate surface area is 152 Å². The highest BCUT2D eigenvalue weighted by Gasteiger charge is 2.16. The van der Waals surface area contributed by atoms with Gasteiger partial charge in [-0.1, -0.05) is 31.2 Å². The minimum Gasteiger partial charge on any atom is -0.497 e. The van der Waals surface area contributed by atoms with E-state index in [0.29, 0.717) is 18.5 Å². The van der Waals surface area contributed by atoms with E-state index in [-0.39, 0.29) is 18.3 Å². The minimum absolute atomic E-state index is 0.333. The fourth-order valence-corrected chi connectivity index (χ4v) is 2.37. The summed E-state index contributed by atoms with van der Waals surface area (Å²) in [6.45, 7) is 1.67. The van der Waals surface area contributed by atoms with Crippen LogP contribution in [0, 0.1) is 11.7 Å². The minimum atomic E-state index is -0.492. The van der Waals surface area contributed by atoms with E-state index >= 15 is 0 Å². The Hall–Kier alpha value is -2.89. The molecule has 0 heterocycles. The number of amides is 1. The van der Waals surface area contributed by atoms with Gasteiger partial charge in [0.1, 0.15) is 11.6 Å². The number of rotatable bonds is 8. The summed E-state index contributed by atoms with van der Waals surface area (Å²) in [6, 6.07) is 13.3. The second kappa shape index (κ2) is 9.56. The Morgan fingerprint density at radius 1 is 1.12 bits per heavy atom. The maximum absolute atomic E-state index is 13.2. The molecule has 1 N–H and O–H groups in total. The average molecular weight is 359 g/mol. The Morgan fingerprint density at radius 2 is 1.85 bits per heavy atom. The molecule has 0 spiro atoms. The molecule has 26 heavy (non-hydrogen) atoms. The zero-order valence-electron chi connectivity index (χ0n) is 14.8. The molecule has 2 aromatic carbocycles. The van der Waals surface area contributed by atoms with Crippen LogP contribution in [0.5, 0.6) is 5.75 Å². The summed E-state index contributed by atoms with van der Waals surface area (Å²) >= 11 is 0.